The quantitative estimate of drug-likeness (QED) is 0.598. The normalized spacial score (nSPS) is 15.6. The zero-order valence-corrected chi connectivity index (χ0v) is 15.2. The Kier molecular flexibility index (Phi) is 3.79. The van der Waals surface area contributed by atoms with Crippen molar-refractivity contribution < 1.29 is 0 Å². The first-order valence-electron chi connectivity index (χ1n) is 9.35. The molecule has 0 unspecified atom stereocenters. The predicted octanol–water partition coefficient (Wildman–Crippen LogP) is 2.87. The van der Waals surface area contributed by atoms with Crippen molar-refractivity contribution in [3.63, 3.8) is 0 Å². The van der Waals surface area contributed by atoms with Gasteiger partial charge in [-0.3, -0.25) is 9.48 Å². The molecule has 1 N–H and O–H groups in total. The molecule has 27 heavy (non-hydrogen) atoms. The summed E-state index contributed by atoms with van der Waals surface area (Å²) in [5, 5.41) is 15.0. The highest BCUT2D eigenvalue weighted by atomic mass is 16.1. The molecule has 1 aliphatic heterocycles. The zero-order valence-electron chi connectivity index (χ0n) is 15.2. The van der Waals surface area contributed by atoms with Crippen LogP contribution < -0.4 is 10.9 Å². The van der Waals surface area contributed by atoms with E-state index in [0.29, 0.717) is 0 Å². The van der Waals surface area contributed by atoms with Crippen LogP contribution >= 0.6 is 0 Å². The van der Waals surface area contributed by atoms with Crippen molar-refractivity contribution in [3.05, 3.63) is 59.1 Å². The lowest BCUT2D eigenvalue weighted by atomic mass is 10.0. The minimum atomic E-state index is 0.00567. The number of nitrogens with zero attached hydrogens (tertiary/aromatic N) is 4. The van der Waals surface area contributed by atoms with E-state index in [4.69, 9.17) is 0 Å². The molecule has 2 aromatic carbocycles. The van der Waals surface area contributed by atoms with Gasteiger partial charge in [-0.15, -0.1) is 0 Å². The van der Waals surface area contributed by atoms with E-state index in [2.05, 4.69) is 33.7 Å². The lowest BCUT2D eigenvalue weighted by molar-refractivity contribution is 0.333. The molecule has 0 amide bonds. The number of aromatic nitrogens is 4. The van der Waals surface area contributed by atoms with Gasteiger partial charge in [-0.05, 0) is 55.3 Å². The Morgan fingerprint density at radius 1 is 1.04 bits per heavy atom. The average Bonchev–Trinajstić information content (AvgIpc) is 3.08. The molecule has 5 rings (SSSR count). The van der Waals surface area contributed by atoms with E-state index in [9.17, 15) is 4.79 Å². The summed E-state index contributed by atoms with van der Waals surface area (Å²) in [5.41, 5.74) is 3.13. The van der Waals surface area contributed by atoms with Gasteiger partial charge in [-0.1, -0.05) is 18.2 Å². The van der Waals surface area contributed by atoms with E-state index in [-0.39, 0.29) is 11.6 Å². The monoisotopic (exact) mass is 359 g/mol. The Morgan fingerprint density at radius 2 is 1.81 bits per heavy atom. The van der Waals surface area contributed by atoms with Gasteiger partial charge in [0, 0.05) is 24.0 Å². The third kappa shape index (κ3) is 2.82. The second-order valence-electron chi connectivity index (χ2n) is 7.25. The van der Waals surface area contributed by atoms with E-state index in [0.717, 1.165) is 58.7 Å². The molecule has 1 fully saturated rings. The first-order valence-corrected chi connectivity index (χ1v) is 9.35. The minimum Gasteiger partial charge on any atom is -0.317 e. The van der Waals surface area contributed by atoms with Gasteiger partial charge < -0.3 is 5.32 Å². The molecule has 2 aromatic heterocycles. The summed E-state index contributed by atoms with van der Waals surface area (Å²) >= 11 is 0. The second kappa shape index (κ2) is 6.32. The van der Waals surface area contributed by atoms with Crippen LogP contribution in [0.2, 0.25) is 0 Å². The molecule has 0 radical (unpaired) electrons. The summed E-state index contributed by atoms with van der Waals surface area (Å²) in [6.07, 6.45) is 5.72. The Hall–Kier alpha value is -2.99. The number of benzene rings is 2. The number of aryl methyl sites for hydroxylation is 1. The van der Waals surface area contributed by atoms with Crippen LogP contribution in [-0.4, -0.2) is 32.7 Å². The SMILES string of the molecule is Cn1cc2ccc(-c3ccc4c(=O)n(C5CCNCC5)ncc4c3)cc2n1. The molecule has 0 spiro atoms. The maximum atomic E-state index is 12.9. The van der Waals surface area contributed by atoms with Crippen LogP contribution in [0.3, 0.4) is 0 Å². The van der Waals surface area contributed by atoms with Gasteiger partial charge in [0.15, 0.2) is 0 Å². The Morgan fingerprint density at radius 3 is 2.67 bits per heavy atom. The summed E-state index contributed by atoms with van der Waals surface area (Å²) in [6.45, 7) is 1.87. The molecule has 1 aliphatic rings. The largest absolute Gasteiger partial charge is 0.317 e. The van der Waals surface area contributed by atoms with E-state index < -0.39 is 0 Å². The third-order valence-corrected chi connectivity index (χ3v) is 5.42. The molecule has 6 heteroatoms. The number of hydrogen-bond donors (Lipinski definition) is 1. The second-order valence-corrected chi connectivity index (χ2v) is 7.25. The number of fused-ring (bicyclic) bond motifs is 2. The predicted molar refractivity (Wildman–Crippen MR) is 107 cm³/mol. The first kappa shape index (κ1) is 16.2. The van der Waals surface area contributed by atoms with E-state index in [1.807, 2.05) is 42.3 Å². The standard InChI is InChI=1S/C21H21N5O/c1-25-13-16-3-2-15(11-20(16)24-25)14-4-5-19-17(10-14)12-23-26(21(19)27)18-6-8-22-9-7-18/h2-5,10-13,18,22H,6-9H2,1H3. The molecule has 136 valence electrons. The molecule has 1 saturated heterocycles. The van der Waals surface area contributed by atoms with E-state index in [1.165, 1.54) is 0 Å². The number of rotatable bonds is 2. The van der Waals surface area contributed by atoms with Gasteiger partial charge >= 0.3 is 0 Å². The van der Waals surface area contributed by atoms with Gasteiger partial charge in [-0.2, -0.15) is 10.2 Å². The van der Waals surface area contributed by atoms with Crippen molar-refractivity contribution in [3.8, 4) is 11.1 Å². The fourth-order valence-corrected chi connectivity index (χ4v) is 3.97. The molecule has 3 heterocycles. The van der Waals surface area contributed by atoms with Crippen molar-refractivity contribution in [1.29, 1.82) is 0 Å². The summed E-state index contributed by atoms with van der Waals surface area (Å²) in [6, 6.07) is 12.4. The van der Waals surface area contributed by atoms with Gasteiger partial charge in [0.25, 0.3) is 5.56 Å². The van der Waals surface area contributed by atoms with Crippen LogP contribution in [0.25, 0.3) is 32.8 Å². The summed E-state index contributed by atoms with van der Waals surface area (Å²) in [5.74, 6) is 0. The summed E-state index contributed by atoms with van der Waals surface area (Å²) in [4.78, 5) is 12.9. The number of piperidine rings is 1. The lowest BCUT2D eigenvalue weighted by Crippen LogP contribution is -2.35. The highest BCUT2D eigenvalue weighted by Gasteiger charge is 2.18. The Bertz CT molecular complexity index is 1200. The fraction of sp³-hybridized carbons (Fsp3) is 0.286. The molecule has 4 aromatic rings. The van der Waals surface area contributed by atoms with Gasteiger partial charge in [-0.25, -0.2) is 4.68 Å². The van der Waals surface area contributed by atoms with Gasteiger partial charge in [0.1, 0.15) is 0 Å². The van der Waals surface area contributed by atoms with Crippen LogP contribution in [0, 0.1) is 0 Å². The maximum Gasteiger partial charge on any atom is 0.274 e. The van der Waals surface area contributed by atoms with E-state index in [1.54, 1.807) is 4.68 Å². The smallest absolute Gasteiger partial charge is 0.274 e. The van der Waals surface area contributed by atoms with E-state index >= 15 is 0 Å². The highest BCUT2D eigenvalue weighted by molar-refractivity contribution is 5.89. The van der Waals surface area contributed by atoms with Crippen molar-refractivity contribution in [2.75, 3.05) is 13.1 Å². The van der Waals surface area contributed by atoms with Crippen LogP contribution in [0.5, 0.6) is 0 Å². The van der Waals surface area contributed by atoms with Crippen molar-refractivity contribution in [1.82, 2.24) is 24.9 Å². The Labute approximate surface area is 156 Å². The van der Waals surface area contributed by atoms with Crippen LogP contribution in [0.4, 0.5) is 0 Å². The molecule has 6 nitrogen and oxygen atoms in total. The maximum absolute atomic E-state index is 12.9. The summed E-state index contributed by atoms with van der Waals surface area (Å²) in [7, 11) is 1.93. The highest BCUT2D eigenvalue weighted by Crippen LogP contribution is 2.26. The van der Waals surface area contributed by atoms with Crippen LogP contribution in [0.1, 0.15) is 18.9 Å². The number of hydrogen-bond acceptors (Lipinski definition) is 4. The molecular weight excluding hydrogens is 338 g/mol. The topological polar surface area (TPSA) is 64.7 Å². The van der Waals surface area contributed by atoms with Gasteiger partial charge in [0.05, 0.1) is 23.1 Å². The molecule has 0 atom stereocenters. The van der Waals surface area contributed by atoms with Crippen molar-refractivity contribution >= 4 is 21.7 Å². The van der Waals surface area contributed by atoms with Crippen molar-refractivity contribution in [2.24, 2.45) is 7.05 Å². The lowest BCUT2D eigenvalue weighted by Gasteiger charge is -2.23. The molecule has 0 aliphatic carbocycles. The summed E-state index contributed by atoms with van der Waals surface area (Å²) < 4.78 is 3.49. The molecular formula is C21H21N5O. The number of nitrogens with one attached hydrogen (secondary N) is 1. The minimum absolute atomic E-state index is 0.00567. The van der Waals surface area contributed by atoms with Crippen molar-refractivity contribution in [2.45, 2.75) is 18.9 Å². The average molecular weight is 359 g/mol. The van der Waals surface area contributed by atoms with Crippen LogP contribution in [0.15, 0.2) is 53.6 Å². The van der Waals surface area contributed by atoms with Gasteiger partial charge in [0.2, 0.25) is 0 Å². The van der Waals surface area contributed by atoms with Crippen LogP contribution in [-0.2, 0) is 7.05 Å². The molecule has 0 saturated carbocycles. The zero-order chi connectivity index (χ0) is 18.4. The third-order valence-electron chi connectivity index (χ3n) is 5.42. The Balaban J connectivity index is 1.57. The first-order chi connectivity index (χ1) is 13.2. The molecule has 0 bridgehead atoms. The fourth-order valence-electron chi connectivity index (χ4n) is 3.97.